The number of hydrogen-bond acceptors (Lipinski definition) is 3. The Kier molecular flexibility index (Phi) is 5.99. The summed E-state index contributed by atoms with van der Waals surface area (Å²) in [5.74, 6) is -0.0387. The van der Waals surface area contributed by atoms with E-state index in [-0.39, 0.29) is 29.8 Å². The largest absolute Gasteiger partial charge is 0.378 e. The van der Waals surface area contributed by atoms with E-state index in [0.29, 0.717) is 13.2 Å². The number of halogens is 1. The summed E-state index contributed by atoms with van der Waals surface area (Å²) in [5, 5.41) is 6.05. The number of morpholine rings is 1. The number of nitrogens with one attached hydrogen (secondary N) is 2. The molecule has 1 unspecified atom stereocenters. The molecule has 2 rings (SSSR count). The van der Waals surface area contributed by atoms with Crippen LogP contribution >= 0.6 is 12.4 Å². The molecule has 1 aromatic rings. The fraction of sp³-hybridized carbons (Fsp3) is 0.533. The van der Waals surface area contributed by atoms with Gasteiger partial charge in [-0.3, -0.25) is 4.79 Å². The number of rotatable bonds is 2. The first-order valence-electron chi connectivity index (χ1n) is 6.69. The van der Waals surface area contributed by atoms with Crippen LogP contribution in [0.3, 0.4) is 0 Å². The fourth-order valence-corrected chi connectivity index (χ4v) is 2.02. The molecule has 2 N–H and O–H groups in total. The maximum atomic E-state index is 12.0. The first kappa shape index (κ1) is 17.0. The molecule has 0 aliphatic carbocycles. The molecule has 1 amide bonds. The molecule has 1 saturated heterocycles. The molecule has 1 atom stereocenters. The Morgan fingerprint density at radius 2 is 1.95 bits per heavy atom. The first-order valence-corrected chi connectivity index (χ1v) is 6.69. The highest BCUT2D eigenvalue weighted by Crippen LogP contribution is 2.23. The van der Waals surface area contributed by atoms with Gasteiger partial charge in [0.2, 0.25) is 5.91 Å². The molecular weight excluding hydrogens is 276 g/mol. The minimum Gasteiger partial charge on any atom is -0.378 e. The molecular formula is C15H23ClN2O2. The van der Waals surface area contributed by atoms with E-state index in [1.165, 1.54) is 5.56 Å². The van der Waals surface area contributed by atoms with Crippen LogP contribution in [0.15, 0.2) is 24.3 Å². The number of amides is 1. The van der Waals surface area contributed by atoms with Gasteiger partial charge < -0.3 is 15.4 Å². The monoisotopic (exact) mass is 298 g/mol. The maximum absolute atomic E-state index is 12.0. The minimum absolute atomic E-state index is 0. The van der Waals surface area contributed by atoms with Gasteiger partial charge in [-0.1, -0.05) is 32.9 Å². The normalized spacial score (nSPS) is 19.1. The Morgan fingerprint density at radius 1 is 1.30 bits per heavy atom. The molecule has 5 heteroatoms. The lowest BCUT2D eigenvalue weighted by Crippen LogP contribution is -2.48. The maximum Gasteiger partial charge on any atom is 0.243 e. The van der Waals surface area contributed by atoms with Crippen molar-refractivity contribution in [1.29, 1.82) is 0 Å². The van der Waals surface area contributed by atoms with Crippen molar-refractivity contribution in [3.8, 4) is 0 Å². The summed E-state index contributed by atoms with van der Waals surface area (Å²) in [7, 11) is 0. The average molecular weight is 299 g/mol. The minimum atomic E-state index is -0.254. The van der Waals surface area contributed by atoms with Gasteiger partial charge in [0, 0.05) is 12.2 Å². The number of anilines is 1. The molecule has 0 aromatic heterocycles. The van der Waals surface area contributed by atoms with Crippen molar-refractivity contribution >= 4 is 24.0 Å². The number of hydrogen-bond donors (Lipinski definition) is 2. The molecule has 0 bridgehead atoms. The van der Waals surface area contributed by atoms with Crippen molar-refractivity contribution in [2.45, 2.75) is 32.2 Å². The Bertz CT molecular complexity index is 434. The zero-order valence-electron chi connectivity index (χ0n) is 12.2. The third-order valence-electron chi connectivity index (χ3n) is 3.26. The standard InChI is InChI=1S/C15H22N2O2.ClH/c1-15(2,3)11-4-6-12(7-5-11)17-14(18)13-10-19-9-8-16-13;/h4-7,13,16H,8-10H2,1-3H3,(H,17,18);1H. The summed E-state index contributed by atoms with van der Waals surface area (Å²) in [6.45, 7) is 8.34. The first-order chi connectivity index (χ1) is 8.97. The van der Waals surface area contributed by atoms with E-state index in [2.05, 4.69) is 43.5 Å². The van der Waals surface area contributed by atoms with Crippen LogP contribution in [0.5, 0.6) is 0 Å². The van der Waals surface area contributed by atoms with Crippen LogP contribution in [0.2, 0.25) is 0 Å². The second kappa shape index (κ2) is 7.07. The predicted molar refractivity (Wildman–Crippen MR) is 83.6 cm³/mol. The van der Waals surface area contributed by atoms with Crippen LogP contribution in [0, 0.1) is 0 Å². The number of carbonyl (C=O) groups is 1. The Hall–Kier alpha value is -1.10. The van der Waals surface area contributed by atoms with Crippen molar-refractivity contribution in [1.82, 2.24) is 5.32 Å². The van der Waals surface area contributed by atoms with Crippen LogP contribution in [0.25, 0.3) is 0 Å². The molecule has 4 nitrogen and oxygen atoms in total. The van der Waals surface area contributed by atoms with Gasteiger partial charge in [0.25, 0.3) is 0 Å². The topological polar surface area (TPSA) is 50.4 Å². The van der Waals surface area contributed by atoms with Crippen molar-refractivity contribution < 1.29 is 9.53 Å². The van der Waals surface area contributed by atoms with Crippen LogP contribution in [-0.4, -0.2) is 31.7 Å². The van der Waals surface area contributed by atoms with Gasteiger partial charge in [-0.2, -0.15) is 0 Å². The summed E-state index contributed by atoms with van der Waals surface area (Å²) in [6.07, 6.45) is 0. The molecule has 0 radical (unpaired) electrons. The van der Waals surface area contributed by atoms with Crippen LogP contribution in [-0.2, 0) is 14.9 Å². The predicted octanol–water partition coefficient (Wildman–Crippen LogP) is 2.33. The fourth-order valence-electron chi connectivity index (χ4n) is 2.02. The molecule has 1 fully saturated rings. The smallest absolute Gasteiger partial charge is 0.243 e. The molecule has 1 aliphatic rings. The van der Waals surface area contributed by atoms with Crippen LogP contribution in [0.4, 0.5) is 5.69 Å². The number of benzene rings is 1. The SMILES string of the molecule is CC(C)(C)c1ccc(NC(=O)C2COCCN2)cc1.Cl. The average Bonchev–Trinajstić information content (AvgIpc) is 2.39. The van der Waals surface area contributed by atoms with Gasteiger partial charge in [-0.25, -0.2) is 0 Å². The third-order valence-corrected chi connectivity index (χ3v) is 3.26. The van der Waals surface area contributed by atoms with E-state index in [0.717, 1.165) is 12.2 Å². The van der Waals surface area contributed by atoms with E-state index in [9.17, 15) is 4.79 Å². The van der Waals surface area contributed by atoms with Crippen LogP contribution < -0.4 is 10.6 Å². The summed E-state index contributed by atoms with van der Waals surface area (Å²) >= 11 is 0. The quantitative estimate of drug-likeness (QED) is 0.881. The molecule has 1 aliphatic heterocycles. The van der Waals surface area contributed by atoms with Gasteiger partial charge in [-0.05, 0) is 23.1 Å². The number of carbonyl (C=O) groups excluding carboxylic acids is 1. The highest BCUT2D eigenvalue weighted by atomic mass is 35.5. The van der Waals surface area contributed by atoms with Crippen LogP contribution in [0.1, 0.15) is 26.3 Å². The number of ether oxygens (including phenoxy) is 1. The van der Waals surface area contributed by atoms with E-state index in [4.69, 9.17) is 4.74 Å². The summed E-state index contributed by atoms with van der Waals surface area (Å²) < 4.78 is 5.28. The zero-order valence-corrected chi connectivity index (χ0v) is 13.0. The molecule has 1 heterocycles. The van der Waals surface area contributed by atoms with E-state index in [1.54, 1.807) is 0 Å². The lowest BCUT2D eigenvalue weighted by Gasteiger charge is -2.23. The lowest BCUT2D eigenvalue weighted by molar-refractivity contribution is -0.120. The van der Waals surface area contributed by atoms with E-state index in [1.807, 2.05) is 12.1 Å². The Labute approximate surface area is 126 Å². The highest BCUT2D eigenvalue weighted by molar-refractivity contribution is 5.95. The van der Waals surface area contributed by atoms with Gasteiger partial charge >= 0.3 is 0 Å². The third kappa shape index (κ3) is 4.47. The zero-order chi connectivity index (χ0) is 13.9. The molecule has 112 valence electrons. The Balaban J connectivity index is 0.00000200. The molecule has 20 heavy (non-hydrogen) atoms. The molecule has 0 spiro atoms. The second-order valence-corrected chi connectivity index (χ2v) is 5.90. The Morgan fingerprint density at radius 3 is 2.45 bits per heavy atom. The van der Waals surface area contributed by atoms with E-state index < -0.39 is 0 Å². The molecule has 0 saturated carbocycles. The summed E-state index contributed by atoms with van der Waals surface area (Å²) in [6, 6.07) is 7.75. The van der Waals surface area contributed by atoms with Gasteiger partial charge in [0.1, 0.15) is 6.04 Å². The summed E-state index contributed by atoms with van der Waals surface area (Å²) in [4.78, 5) is 12.0. The van der Waals surface area contributed by atoms with Gasteiger partial charge in [0.05, 0.1) is 13.2 Å². The molecule has 1 aromatic carbocycles. The summed E-state index contributed by atoms with van der Waals surface area (Å²) in [5.41, 5.74) is 2.20. The lowest BCUT2D eigenvalue weighted by atomic mass is 9.87. The van der Waals surface area contributed by atoms with Crippen molar-refractivity contribution in [3.63, 3.8) is 0 Å². The van der Waals surface area contributed by atoms with Crippen molar-refractivity contribution in [3.05, 3.63) is 29.8 Å². The van der Waals surface area contributed by atoms with E-state index >= 15 is 0 Å². The van der Waals surface area contributed by atoms with Gasteiger partial charge in [0.15, 0.2) is 0 Å². The second-order valence-electron chi connectivity index (χ2n) is 5.90. The van der Waals surface area contributed by atoms with Crippen molar-refractivity contribution in [2.24, 2.45) is 0 Å². The van der Waals surface area contributed by atoms with Crippen molar-refractivity contribution in [2.75, 3.05) is 25.1 Å². The highest BCUT2D eigenvalue weighted by Gasteiger charge is 2.21. The van der Waals surface area contributed by atoms with Gasteiger partial charge in [-0.15, -0.1) is 12.4 Å².